The van der Waals surface area contributed by atoms with Gasteiger partial charge >= 0.3 is 0 Å². The van der Waals surface area contributed by atoms with E-state index in [9.17, 15) is 4.79 Å². The summed E-state index contributed by atoms with van der Waals surface area (Å²) in [6.45, 7) is 5.74. The Labute approximate surface area is 175 Å². The zero-order valence-corrected chi connectivity index (χ0v) is 17.6. The number of nitrogens with zero attached hydrogens (tertiary/aromatic N) is 2. The maximum Gasteiger partial charge on any atom is 0.261 e. The lowest BCUT2D eigenvalue weighted by molar-refractivity contribution is 0.0957. The molecule has 1 amide bonds. The monoisotopic (exact) mass is 403 g/mol. The Hall–Kier alpha value is -2.92. The molecule has 0 unspecified atom stereocenters. The summed E-state index contributed by atoms with van der Waals surface area (Å²) in [4.78, 5) is 17.8. The van der Waals surface area contributed by atoms with Crippen LogP contribution in [-0.2, 0) is 13.0 Å². The number of carbonyl (C=O) groups excluding carboxylic acids is 1. The third-order valence-corrected chi connectivity index (χ3v) is 6.04. The number of fused-ring (bicyclic) bond motifs is 1. The zero-order chi connectivity index (χ0) is 20.2. The average molecular weight is 404 g/mol. The van der Waals surface area contributed by atoms with Gasteiger partial charge in [0, 0.05) is 19.5 Å². The summed E-state index contributed by atoms with van der Waals surface area (Å²) in [6.07, 6.45) is 1.68. The van der Waals surface area contributed by atoms with Crippen LogP contribution >= 0.6 is 11.3 Å². The second-order valence-electron chi connectivity index (χ2n) is 7.37. The lowest BCUT2D eigenvalue weighted by atomic mass is 10.1. The first-order valence-electron chi connectivity index (χ1n) is 9.94. The minimum absolute atomic E-state index is 0.00360. The highest BCUT2D eigenvalue weighted by molar-refractivity contribution is 7.12. The minimum Gasteiger partial charge on any atom is -0.351 e. The van der Waals surface area contributed by atoms with Crippen molar-refractivity contribution in [2.75, 3.05) is 6.54 Å². The fourth-order valence-electron chi connectivity index (χ4n) is 3.58. The molecule has 0 fully saturated rings. The van der Waals surface area contributed by atoms with Crippen molar-refractivity contribution < 1.29 is 4.79 Å². The summed E-state index contributed by atoms with van der Waals surface area (Å²) in [5.74, 6) is 1.07. The number of thiophene rings is 1. The topological polar surface area (TPSA) is 46.9 Å². The number of rotatable bonds is 7. The molecule has 0 bridgehead atoms. The molecule has 5 heteroatoms. The van der Waals surface area contributed by atoms with Gasteiger partial charge in [-0.2, -0.15) is 0 Å². The Morgan fingerprint density at radius 1 is 1.10 bits per heavy atom. The third kappa shape index (κ3) is 4.40. The molecule has 0 saturated heterocycles. The van der Waals surface area contributed by atoms with E-state index in [1.54, 1.807) is 0 Å². The predicted molar refractivity (Wildman–Crippen MR) is 120 cm³/mol. The molecule has 2 aromatic carbocycles. The zero-order valence-electron chi connectivity index (χ0n) is 16.8. The molecule has 29 heavy (non-hydrogen) atoms. The van der Waals surface area contributed by atoms with Crippen LogP contribution in [0.2, 0.25) is 0 Å². The average Bonchev–Trinajstić information content (AvgIpc) is 3.37. The number of hydrogen-bond acceptors (Lipinski definition) is 3. The van der Waals surface area contributed by atoms with E-state index in [-0.39, 0.29) is 5.91 Å². The van der Waals surface area contributed by atoms with Crippen LogP contribution in [0.3, 0.4) is 0 Å². The van der Waals surface area contributed by atoms with E-state index >= 15 is 0 Å². The first kappa shape index (κ1) is 19.4. The molecular weight excluding hydrogens is 378 g/mol. The molecule has 0 radical (unpaired) electrons. The van der Waals surface area contributed by atoms with Gasteiger partial charge in [-0.15, -0.1) is 11.3 Å². The highest BCUT2D eigenvalue weighted by Crippen LogP contribution is 2.21. The first-order chi connectivity index (χ1) is 14.1. The van der Waals surface area contributed by atoms with E-state index in [1.807, 2.05) is 23.6 Å². The number of para-hydroxylation sites is 2. The highest BCUT2D eigenvalue weighted by atomic mass is 32.1. The first-order valence-corrected chi connectivity index (χ1v) is 10.8. The number of carbonyl (C=O) groups is 1. The number of nitrogens with one attached hydrogen (secondary N) is 1. The molecule has 0 saturated carbocycles. The summed E-state index contributed by atoms with van der Waals surface area (Å²) in [6, 6.07) is 18.6. The predicted octanol–water partition coefficient (Wildman–Crippen LogP) is 5.13. The van der Waals surface area contributed by atoms with Crippen molar-refractivity contribution in [2.45, 2.75) is 33.2 Å². The molecule has 0 spiro atoms. The lowest BCUT2D eigenvalue weighted by Gasteiger charge is -2.13. The van der Waals surface area contributed by atoms with Gasteiger partial charge in [-0.05, 0) is 55.0 Å². The maximum absolute atomic E-state index is 12.1. The van der Waals surface area contributed by atoms with Gasteiger partial charge in [0.1, 0.15) is 5.82 Å². The Morgan fingerprint density at radius 2 is 1.97 bits per heavy atom. The van der Waals surface area contributed by atoms with E-state index in [4.69, 9.17) is 4.98 Å². The van der Waals surface area contributed by atoms with Gasteiger partial charge in [-0.1, -0.05) is 42.0 Å². The van der Waals surface area contributed by atoms with Crippen LogP contribution in [0.1, 0.15) is 38.6 Å². The third-order valence-electron chi connectivity index (χ3n) is 5.17. The molecule has 2 heterocycles. The molecule has 1 N–H and O–H groups in total. The van der Waals surface area contributed by atoms with Crippen LogP contribution in [-0.4, -0.2) is 22.0 Å². The fourth-order valence-corrected chi connectivity index (χ4v) is 4.22. The number of aryl methyl sites for hydroxylation is 3. The van der Waals surface area contributed by atoms with Crippen LogP contribution in [0.5, 0.6) is 0 Å². The van der Waals surface area contributed by atoms with E-state index in [2.05, 4.69) is 60.1 Å². The van der Waals surface area contributed by atoms with Crippen molar-refractivity contribution >= 4 is 28.3 Å². The molecule has 0 aliphatic rings. The van der Waals surface area contributed by atoms with Gasteiger partial charge in [0.05, 0.1) is 15.9 Å². The molecule has 0 aliphatic heterocycles. The quantitative estimate of drug-likeness (QED) is 0.435. The van der Waals surface area contributed by atoms with Crippen molar-refractivity contribution in [3.8, 4) is 0 Å². The molecule has 4 rings (SSSR count). The second-order valence-corrected chi connectivity index (χ2v) is 8.32. The summed E-state index contributed by atoms with van der Waals surface area (Å²) in [5, 5.41) is 4.93. The summed E-state index contributed by atoms with van der Waals surface area (Å²) < 4.78 is 2.32. The Kier molecular flexibility index (Phi) is 5.76. The Balaban J connectivity index is 1.50. The van der Waals surface area contributed by atoms with Crippen LogP contribution in [0.25, 0.3) is 11.0 Å². The molecule has 0 aliphatic carbocycles. The van der Waals surface area contributed by atoms with Gasteiger partial charge in [-0.25, -0.2) is 4.98 Å². The van der Waals surface area contributed by atoms with E-state index in [0.717, 1.165) is 41.1 Å². The summed E-state index contributed by atoms with van der Waals surface area (Å²) >= 11 is 1.47. The van der Waals surface area contributed by atoms with Gasteiger partial charge in [0.2, 0.25) is 0 Å². The lowest BCUT2D eigenvalue weighted by Crippen LogP contribution is -2.24. The van der Waals surface area contributed by atoms with Crippen LogP contribution in [0, 0.1) is 13.8 Å². The fraction of sp³-hybridized carbons (Fsp3) is 0.250. The maximum atomic E-state index is 12.1. The molecular formula is C24H25N3OS. The normalized spacial score (nSPS) is 11.1. The molecule has 2 aromatic heterocycles. The minimum atomic E-state index is 0.00360. The van der Waals surface area contributed by atoms with Crippen molar-refractivity contribution in [1.29, 1.82) is 0 Å². The smallest absolute Gasteiger partial charge is 0.261 e. The Morgan fingerprint density at radius 3 is 2.79 bits per heavy atom. The number of hydrogen-bond donors (Lipinski definition) is 1. The van der Waals surface area contributed by atoms with Gasteiger partial charge in [0.25, 0.3) is 5.91 Å². The number of imidazole rings is 1. The number of aromatic nitrogens is 2. The van der Waals surface area contributed by atoms with Crippen LogP contribution < -0.4 is 5.32 Å². The standard InChI is InChI=1S/C24H25N3OS/c1-17-11-12-18(2)19(15-17)16-27-21-8-4-3-7-20(21)26-23(27)10-5-13-25-24(28)22-9-6-14-29-22/h3-4,6-9,11-12,14-15H,5,10,13,16H2,1-2H3,(H,25,28). The highest BCUT2D eigenvalue weighted by Gasteiger charge is 2.12. The van der Waals surface area contributed by atoms with E-state index in [0.29, 0.717) is 6.54 Å². The SMILES string of the molecule is Cc1ccc(C)c(Cn2c(CCCNC(=O)c3cccs3)nc3ccccc32)c1. The second kappa shape index (κ2) is 8.62. The van der Waals surface area contributed by atoms with Crippen molar-refractivity contribution in [2.24, 2.45) is 0 Å². The molecule has 0 atom stereocenters. The van der Waals surface area contributed by atoms with Crippen molar-refractivity contribution in [1.82, 2.24) is 14.9 Å². The molecule has 148 valence electrons. The van der Waals surface area contributed by atoms with Crippen molar-refractivity contribution in [3.63, 3.8) is 0 Å². The van der Waals surface area contributed by atoms with Crippen molar-refractivity contribution in [3.05, 3.63) is 87.4 Å². The Bertz CT molecular complexity index is 1130. The van der Waals surface area contributed by atoms with Crippen LogP contribution in [0.4, 0.5) is 0 Å². The molecule has 4 aromatic rings. The molecule has 4 nitrogen and oxygen atoms in total. The summed E-state index contributed by atoms with van der Waals surface area (Å²) in [5.41, 5.74) is 6.07. The van der Waals surface area contributed by atoms with Gasteiger partial charge in [0.15, 0.2) is 0 Å². The largest absolute Gasteiger partial charge is 0.351 e. The van der Waals surface area contributed by atoms with Gasteiger partial charge in [-0.3, -0.25) is 4.79 Å². The van der Waals surface area contributed by atoms with E-state index < -0.39 is 0 Å². The number of benzene rings is 2. The van der Waals surface area contributed by atoms with E-state index in [1.165, 1.54) is 28.0 Å². The van der Waals surface area contributed by atoms with Crippen LogP contribution in [0.15, 0.2) is 60.0 Å². The summed E-state index contributed by atoms with van der Waals surface area (Å²) in [7, 11) is 0. The van der Waals surface area contributed by atoms with Gasteiger partial charge < -0.3 is 9.88 Å². The number of amides is 1.